The van der Waals surface area contributed by atoms with E-state index in [0.29, 0.717) is 22.7 Å². The fourth-order valence-corrected chi connectivity index (χ4v) is 2.51. The first kappa shape index (κ1) is 17.7. The lowest BCUT2D eigenvalue weighted by Gasteiger charge is -2.07. The van der Waals surface area contributed by atoms with Crippen molar-refractivity contribution in [1.29, 1.82) is 0 Å². The van der Waals surface area contributed by atoms with Crippen molar-refractivity contribution in [2.75, 3.05) is 5.32 Å². The smallest absolute Gasteiger partial charge is 0.255 e. The summed E-state index contributed by atoms with van der Waals surface area (Å²) in [4.78, 5) is 24.4. The lowest BCUT2D eigenvalue weighted by Crippen LogP contribution is -2.22. The second-order valence-corrected chi connectivity index (χ2v) is 6.14. The third kappa shape index (κ3) is 4.71. The zero-order valence-electron chi connectivity index (χ0n) is 13.9. The van der Waals surface area contributed by atoms with Crippen molar-refractivity contribution in [2.45, 2.75) is 6.54 Å². The van der Waals surface area contributed by atoms with Crippen LogP contribution in [0.5, 0.6) is 0 Å². The minimum atomic E-state index is -0.218. The van der Waals surface area contributed by atoms with Crippen molar-refractivity contribution < 1.29 is 9.59 Å². The second-order valence-electron chi connectivity index (χ2n) is 5.71. The van der Waals surface area contributed by atoms with Crippen molar-refractivity contribution in [2.24, 2.45) is 0 Å². The lowest BCUT2D eigenvalue weighted by molar-refractivity contribution is 0.0949. The molecule has 0 fully saturated rings. The molecule has 26 heavy (non-hydrogen) atoms. The Morgan fingerprint density at radius 2 is 1.31 bits per heavy atom. The standard InChI is InChI=1S/C21H17ClN2O2/c22-18-12-6-15(7-13-18)14-23-20(25)16-8-10-17(11-9-16)21(26)24-19-4-2-1-3-5-19/h1-13H,14H2,(H,23,25)(H,24,26). The van der Waals surface area contributed by atoms with Gasteiger partial charge in [0, 0.05) is 28.4 Å². The average Bonchev–Trinajstić information content (AvgIpc) is 2.68. The van der Waals surface area contributed by atoms with Gasteiger partial charge < -0.3 is 10.6 Å². The summed E-state index contributed by atoms with van der Waals surface area (Å²) < 4.78 is 0. The average molecular weight is 365 g/mol. The van der Waals surface area contributed by atoms with Gasteiger partial charge in [0.2, 0.25) is 0 Å². The molecule has 3 rings (SSSR count). The summed E-state index contributed by atoms with van der Waals surface area (Å²) in [6, 6.07) is 23.0. The molecule has 0 bridgehead atoms. The Hall–Kier alpha value is -3.11. The summed E-state index contributed by atoms with van der Waals surface area (Å²) in [7, 11) is 0. The highest BCUT2D eigenvalue weighted by atomic mass is 35.5. The van der Waals surface area contributed by atoms with Crippen LogP contribution in [0.4, 0.5) is 5.69 Å². The van der Waals surface area contributed by atoms with Crippen molar-refractivity contribution in [3.8, 4) is 0 Å². The van der Waals surface area contributed by atoms with Gasteiger partial charge in [-0.05, 0) is 54.1 Å². The fourth-order valence-electron chi connectivity index (χ4n) is 2.38. The molecule has 130 valence electrons. The molecule has 3 aromatic carbocycles. The highest BCUT2D eigenvalue weighted by Crippen LogP contribution is 2.11. The topological polar surface area (TPSA) is 58.2 Å². The number of hydrogen-bond donors (Lipinski definition) is 2. The van der Waals surface area contributed by atoms with Gasteiger partial charge in [-0.15, -0.1) is 0 Å². The first-order valence-corrected chi connectivity index (χ1v) is 8.49. The zero-order valence-corrected chi connectivity index (χ0v) is 14.7. The Bertz CT molecular complexity index is 892. The first-order chi connectivity index (χ1) is 12.6. The maximum Gasteiger partial charge on any atom is 0.255 e. The Balaban J connectivity index is 1.58. The number of nitrogens with one attached hydrogen (secondary N) is 2. The predicted molar refractivity (Wildman–Crippen MR) is 103 cm³/mol. The monoisotopic (exact) mass is 364 g/mol. The molecule has 2 N–H and O–H groups in total. The van der Waals surface area contributed by atoms with Crippen LogP contribution < -0.4 is 10.6 Å². The summed E-state index contributed by atoms with van der Waals surface area (Å²) in [6.45, 7) is 0.409. The highest BCUT2D eigenvalue weighted by molar-refractivity contribution is 6.30. The molecule has 3 aromatic rings. The minimum absolute atomic E-state index is 0.199. The van der Waals surface area contributed by atoms with Gasteiger partial charge in [0.1, 0.15) is 0 Å². The minimum Gasteiger partial charge on any atom is -0.348 e. The van der Waals surface area contributed by atoms with E-state index in [1.807, 2.05) is 42.5 Å². The van der Waals surface area contributed by atoms with Crippen molar-refractivity contribution in [3.05, 3.63) is 101 Å². The van der Waals surface area contributed by atoms with Crippen molar-refractivity contribution in [3.63, 3.8) is 0 Å². The van der Waals surface area contributed by atoms with Gasteiger partial charge >= 0.3 is 0 Å². The van der Waals surface area contributed by atoms with Gasteiger partial charge in [0.15, 0.2) is 0 Å². The maximum absolute atomic E-state index is 12.2. The van der Waals surface area contributed by atoms with E-state index in [2.05, 4.69) is 10.6 Å². The maximum atomic E-state index is 12.2. The Labute approximate surface area is 156 Å². The van der Waals surface area contributed by atoms with Gasteiger partial charge in [0.25, 0.3) is 11.8 Å². The second kappa shape index (κ2) is 8.32. The molecule has 2 amide bonds. The van der Waals surface area contributed by atoms with Crippen molar-refractivity contribution in [1.82, 2.24) is 5.32 Å². The Morgan fingerprint density at radius 3 is 1.92 bits per heavy atom. The van der Waals surface area contributed by atoms with E-state index >= 15 is 0 Å². The summed E-state index contributed by atoms with van der Waals surface area (Å²) in [5, 5.41) is 6.31. The third-order valence-electron chi connectivity index (χ3n) is 3.81. The molecule has 0 saturated heterocycles. The number of halogens is 1. The first-order valence-electron chi connectivity index (χ1n) is 8.11. The number of carbonyl (C=O) groups is 2. The molecule has 0 aromatic heterocycles. The number of amides is 2. The van der Waals surface area contributed by atoms with E-state index in [9.17, 15) is 9.59 Å². The summed E-state index contributed by atoms with van der Waals surface area (Å²) in [5.41, 5.74) is 2.67. The van der Waals surface area contributed by atoms with E-state index in [4.69, 9.17) is 11.6 Å². The SMILES string of the molecule is O=C(NCc1ccc(Cl)cc1)c1ccc(C(=O)Nc2ccccc2)cc1. The van der Waals surface area contributed by atoms with Gasteiger partial charge in [-0.3, -0.25) is 9.59 Å². The van der Waals surface area contributed by atoms with Crippen LogP contribution in [0.2, 0.25) is 5.02 Å². The van der Waals surface area contributed by atoms with E-state index in [0.717, 1.165) is 11.3 Å². The van der Waals surface area contributed by atoms with Crippen LogP contribution in [-0.4, -0.2) is 11.8 Å². The van der Waals surface area contributed by atoms with Crippen molar-refractivity contribution >= 4 is 29.1 Å². The van der Waals surface area contributed by atoms with Crippen LogP contribution in [0, 0.1) is 0 Å². The van der Waals surface area contributed by atoms with E-state index < -0.39 is 0 Å². The molecule has 0 aliphatic carbocycles. The molecule has 0 radical (unpaired) electrons. The molecule has 0 heterocycles. The van der Waals surface area contributed by atoms with Crippen LogP contribution in [-0.2, 0) is 6.54 Å². The number of para-hydroxylation sites is 1. The van der Waals surface area contributed by atoms with Crippen LogP contribution in [0.15, 0.2) is 78.9 Å². The van der Waals surface area contributed by atoms with E-state index in [1.54, 1.807) is 36.4 Å². The van der Waals surface area contributed by atoms with Gasteiger partial charge in [-0.1, -0.05) is 41.9 Å². The Kier molecular flexibility index (Phi) is 5.66. The predicted octanol–water partition coefficient (Wildman–Crippen LogP) is 4.52. The number of anilines is 1. The number of hydrogen-bond acceptors (Lipinski definition) is 2. The molecule has 0 unspecified atom stereocenters. The van der Waals surface area contributed by atoms with Gasteiger partial charge in [-0.25, -0.2) is 0 Å². The summed E-state index contributed by atoms with van der Waals surface area (Å²) >= 11 is 5.84. The lowest BCUT2D eigenvalue weighted by atomic mass is 10.1. The number of carbonyl (C=O) groups excluding carboxylic acids is 2. The highest BCUT2D eigenvalue weighted by Gasteiger charge is 2.09. The van der Waals surface area contributed by atoms with E-state index in [-0.39, 0.29) is 11.8 Å². The molecular formula is C21H17ClN2O2. The molecule has 0 aliphatic heterocycles. The quantitative estimate of drug-likeness (QED) is 0.699. The van der Waals surface area contributed by atoms with Gasteiger partial charge in [-0.2, -0.15) is 0 Å². The van der Waals surface area contributed by atoms with Crippen LogP contribution in [0.3, 0.4) is 0 Å². The molecule has 0 atom stereocenters. The molecule has 5 heteroatoms. The molecule has 0 aliphatic rings. The molecule has 0 saturated carbocycles. The largest absolute Gasteiger partial charge is 0.348 e. The normalized spacial score (nSPS) is 10.2. The Morgan fingerprint density at radius 1 is 0.731 bits per heavy atom. The van der Waals surface area contributed by atoms with Gasteiger partial charge in [0.05, 0.1) is 0 Å². The summed E-state index contributed by atoms with van der Waals surface area (Å²) in [6.07, 6.45) is 0. The fraction of sp³-hybridized carbons (Fsp3) is 0.0476. The van der Waals surface area contributed by atoms with E-state index in [1.165, 1.54) is 0 Å². The molecule has 4 nitrogen and oxygen atoms in total. The summed E-state index contributed by atoms with van der Waals surface area (Å²) in [5.74, 6) is -0.417. The third-order valence-corrected chi connectivity index (χ3v) is 4.06. The van der Waals surface area contributed by atoms with Crippen LogP contribution in [0.25, 0.3) is 0 Å². The number of rotatable bonds is 5. The molecular weight excluding hydrogens is 348 g/mol. The van der Waals surface area contributed by atoms with Crippen LogP contribution in [0.1, 0.15) is 26.3 Å². The van der Waals surface area contributed by atoms with Crippen LogP contribution >= 0.6 is 11.6 Å². The molecule has 0 spiro atoms. The zero-order chi connectivity index (χ0) is 18.4. The number of benzene rings is 3.